The molecular weight excluding hydrogens is 303 g/mol. The number of carbonyl (C=O) groups is 1. The zero-order valence-corrected chi connectivity index (χ0v) is 12.3. The third kappa shape index (κ3) is 4.63. The Balaban J connectivity index is 1.97. The number of nitrogens with zero attached hydrogens (tertiary/aromatic N) is 1. The van der Waals surface area contributed by atoms with Gasteiger partial charge in [-0.15, -0.1) is 0 Å². The molecule has 1 fully saturated rings. The SMILES string of the molecule is O=C(CCC(F)(F)F)N1CCC[C@H]1Cc1ccccc1Cl. The Morgan fingerprint density at radius 1 is 1.33 bits per heavy atom. The second-order valence-electron chi connectivity index (χ2n) is 5.29. The van der Waals surface area contributed by atoms with Gasteiger partial charge in [0.05, 0.1) is 6.42 Å². The van der Waals surface area contributed by atoms with Gasteiger partial charge < -0.3 is 4.90 Å². The summed E-state index contributed by atoms with van der Waals surface area (Å²) in [6.45, 7) is 0.534. The average Bonchev–Trinajstić information content (AvgIpc) is 2.86. The molecular formula is C15H17ClF3NO. The van der Waals surface area contributed by atoms with Crippen molar-refractivity contribution in [3.05, 3.63) is 34.9 Å². The Labute approximate surface area is 126 Å². The number of amides is 1. The van der Waals surface area contributed by atoms with Crippen molar-refractivity contribution in [2.24, 2.45) is 0 Å². The van der Waals surface area contributed by atoms with E-state index in [0.717, 1.165) is 18.4 Å². The monoisotopic (exact) mass is 319 g/mol. The number of hydrogen-bond donors (Lipinski definition) is 0. The van der Waals surface area contributed by atoms with Gasteiger partial charge in [0.2, 0.25) is 5.91 Å². The van der Waals surface area contributed by atoms with Gasteiger partial charge in [0.15, 0.2) is 0 Å². The maximum absolute atomic E-state index is 12.2. The first kappa shape index (κ1) is 16.1. The lowest BCUT2D eigenvalue weighted by Gasteiger charge is -2.25. The molecule has 0 saturated carbocycles. The number of alkyl halides is 3. The molecule has 2 rings (SSSR count). The molecule has 1 aliphatic rings. The summed E-state index contributed by atoms with van der Waals surface area (Å²) in [4.78, 5) is 13.5. The summed E-state index contributed by atoms with van der Waals surface area (Å²) in [7, 11) is 0. The smallest absolute Gasteiger partial charge is 0.339 e. The van der Waals surface area contributed by atoms with Crippen molar-refractivity contribution in [3.63, 3.8) is 0 Å². The maximum atomic E-state index is 12.2. The quantitative estimate of drug-likeness (QED) is 0.814. The van der Waals surface area contributed by atoms with E-state index in [4.69, 9.17) is 11.6 Å². The topological polar surface area (TPSA) is 20.3 Å². The predicted molar refractivity (Wildman–Crippen MR) is 75.2 cm³/mol. The highest BCUT2D eigenvalue weighted by molar-refractivity contribution is 6.31. The average molecular weight is 320 g/mol. The summed E-state index contributed by atoms with van der Waals surface area (Å²) in [6.07, 6.45) is -3.58. The molecule has 0 N–H and O–H groups in total. The molecule has 6 heteroatoms. The van der Waals surface area contributed by atoms with Crippen LogP contribution in [0.2, 0.25) is 5.02 Å². The summed E-state index contributed by atoms with van der Waals surface area (Å²) < 4.78 is 36.6. The molecule has 1 amide bonds. The van der Waals surface area contributed by atoms with Gasteiger partial charge in [0.1, 0.15) is 0 Å². The number of likely N-dealkylation sites (tertiary alicyclic amines) is 1. The van der Waals surface area contributed by atoms with E-state index >= 15 is 0 Å². The molecule has 0 spiro atoms. The maximum Gasteiger partial charge on any atom is 0.389 e. The third-order valence-electron chi connectivity index (χ3n) is 3.73. The van der Waals surface area contributed by atoms with Gasteiger partial charge in [-0.05, 0) is 30.9 Å². The fourth-order valence-electron chi connectivity index (χ4n) is 2.69. The van der Waals surface area contributed by atoms with Gasteiger partial charge >= 0.3 is 6.18 Å². The van der Waals surface area contributed by atoms with E-state index in [0.29, 0.717) is 18.0 Å². The van der Waals surface area contributed by atoms with Crippen LogP contribution in [0.1, 0.15) is 31.2 Å². The minimum Gasteiger partial charge on any atom is -0.339 e. The van der Waals surface area contributed by atoms with Crippen LogP contribution < -0.4 is 0 Å². The normalized spacial score (nSPS) is 19.0. The van der Waals surface area contributed by atoms with E-state index in [-0.39, 0.29) is 6.04 Å². The molecule has 1 atom stereocenters. The zero-order chi connectivity index (χ0) is 15.5. The lowest BCUT2D eigenvalue weighted by molar-refractivity contribution is -0.149. The van der Waals surface area contributed by atoms with E-state index in [1.54, 1.807) is 11.0 Å². The third-order valence-corrected chi connectivity index (χ3v) is 4.10. The first-order valence-electron chi connectivity index (χ1n) is 6.96. The van der Waals surface area contributed by atoms with Crippen LogP contribution in [-0.4, -0.2) is 29.6 Å². The fourth-order valence-corrected chi connectivity index (χ4v) is 2.90. The van der Waals surface area contributed by atoms with Crippen molar-refractivity contribution < 1.29 is 18.0 Å². The van der Waals surface area contributed by atoms with Gasteiger partial charge in [-0.1, -0.05) is 29.8 Å². The van der Waals surface area contributed by atoms with Crippen molar-refractivity contribution in [1.82, 2.24) is 4.90 Å². The molecule has 1 aromatic carbocycles. The molecule has 0 aromatic heterocycles. The van der Waals surface area contributed by atoms with Crippen LogP contribution in [0.5, 0.6) is 0 Å². The van der Waals surface area contributed by atoms with Crippen molar-refractivity contribution in [2.75, 3.05) is 6.54 Å². The van der Waals surface area contributed by atoms with Gasteiger partial charge in [-0.25, -0.2) is 0 Å². The van der Waals surface area contributed by atoms with E-state index in [2.05, 4.69) is 0 Å². The van der Waals surface area contributed by atoms with Gasteiger partial charge in [-0.2, -0.15) is 13.2 Å². The van der Waals surface area contributed by atoms with E-state index in [9.17, 15) is 18.0 Å². The molecule has 116 valence electrons. The van der Waals surface area contributed by atoms with Crippen LogP contribution in [0.3, 0.4) is 0 Å². The number of halogens is 4. The molecule has 0 bridgehead atoms. The largest absolute Gasteiger partial charge is 0.389 e. The van der Waals surface area contributed by atoms with Gasteiger partial charge in [0.25, 0.3) is 0 Å². The van der Waals surface area contributed by atoms with Crippen LogP contribution in [0.4, 0.5) is 13.2 Å². The van der Waals surface area contributed by atoms with E-state index in [1.807, 2.05) is 18.2 Å². The first-order valence-corrected chi connectivity index (χ1v) is 7.34. The second kappa shape index (κ2) is 6.69. The van der Waals surface area contributed by atoms with Crippen LogP contribution in [0, 0.1) is 0 Å². The summed E-state index contributed by atoms with van der Waals surface area (Å²) in [6, 6.07) is 7.31. The molecule has 1 aromatic rings. The Morgan fingerprint density at radius 3 is 2.71 bits per heavy atom. The molecule has 1 saturated heterocycles. The number of benzene rings is 1. The summed E-state index contributed by atoms with van der Waals surface area (Å²) in [5, 5.41) is 0.632. The molecule has 1 heterocycles. The van der Waals surface area contributed by atoms with E-state index < -0.39 is 24.9 Å². The number of hydrogen-bond acceptors (Lipinski definition) is 1. The summed E-state index contributed by atoms with van der Waals surface area (Å²) >= 11 is 6.10. The van der Waals surface area contributed by atoms with Crippen LogP contribution >= 0.6 is 11.6 Å². The Hall–Kier alpha value is -1.23. The molecule has 0 unspecified atom stereocenters. The Morgan fingerprint density at radius 2 is 2.05 bits per heavy atom. The molecule has 21 heavy (non-hydrogen) atoms. The minimum absolute atomic E-state index is 0.0503. The minimum atomic E-state index is -4.28. The predicted octanol–water partition coefficient (Wildman–Crippen LogP) is 4.22. The van der Waals surface area contributed by atoms with E-state index in [1.165, 1.54) is 0 Å². The molecule has 1 aliphatic heterocycles. The highest BCUT2D eigenvalue weighted by Crippen LogP contribution is 2.27. The summed E-state index contributed by atoms with van der Waals surface area (Å²) in [5.41, 5.74) is 0.930. The molecule has 2 nitrogen and oxygen atoms in total. The standard InChI is InChI=1S/C15H17ClF3NO/c16-13-6-2-1-4-11(13)10-12-5-3-9-20(12)14(21)7-8-15(17,18)19/h1-2,4,6,12H,3,5,7-10H2/t12-/m0/s1. The highest BCUT2D eigenvalue weighted by Gasteiger charge is 2.33. The Bertz CT molecular complexity index is 504. The lowest BCUT2D eigenvalue weighted by Crippen LogP contribution is -2.37. The van der Waals surface area contributed by atoms with Crippen LogP contribution in [0.25, 0.3) is 0 Å². The van der Waals surface area contributed by atoms with Gasteiger partial charge in [-0.3, -0.25) is 4.79 Å². The van der Waals surface area contributed by atoms with Crippen molar-refractivity contribution in [1.29, 1.82) is 0 Å². The molecule has 0 aliphatic carbocycles. The van der Waals surface area contributed by atoms with Crippen LogP contribution in [0.15, 0.2) is 24.3 Å². The van der Waals surface area contributed by atoms with Crippen molar-refractivity contribution in [2.45, 2.75) is 44.3 Å². The fraction of sp³-hybridized carbons (Fsp3) is 0.533. The molecule has 0 radical (unpaired) electrons. The summed E-state index contributed by atoms with van der Waals surface area (Å²) in [5.74, 6) is -0.415. The lowest BCUT2D eigenvalue weighted by atomic mass is 10.0. The zero-order valence-electron chi connectivity index (χ0n) is 11.5. The first-order chi connectivity index (χ1) is 9.87. The van der Waals surface area contributed by atoms with Gasteiger partial charge in [0, 0.05) is 24.0 Å². The van der Waals surface area contributed by atoms with Crippen LogP contribution in [-0.2, 0) is 11.2 Å². The highest BCUT2D eigenvalue weighted by atomic mass is 35.5. The number of carbonyl (C=O) groups excluding carboxylic acids is 1. The second-order valence-corrected chi connectivity index (χ2v) is 5.70. The van der Waals surface area contributed by atoms with Crippen molar-refractivity contribution >= 4 is 17.5 Å². The Kier molecular flexibility index (Phi) is 5.14. The number of rotatable bonds is 4. The van der Waals surface area contributed by atoms with Crippen molar-refractivity contribution in [3.8, 4) is 0 Å².